The Balaban J connectivity index is 1.88. The molecule has 0 aliphatic carbocycles. The van der Waals surface area contributed by atoms with Crippen LogP contribution in [0.2, 0.25) is 0 Å². The highest BCUT2D eigenvalue weighted by atomic mass is 16.6. The highest BCUT2D eigenvalue weighted by Gasteiger charge is 2.22. The van der Waals surface area contributed by atoms with Crippen LogP contribution in [0.4, 0.5) is 5.69 Å². The van der Waals surface area contributed by atoms with Crippen LogP contribution in [-0.2, 0) is 13.1 Å². The number of aryl methyl sites for hydroxylation is 1. The van der Waals surface area contributed by atoms with Gasteiger partial charge >= 0.3 is 0 Å². The second-order valence-electron chi connectivity index (χ2n) is 5.84. The summed E-state index contributed by atoms with van der Waals surface area (Å²) < 4.78 is 3.46. The molecular weight excluding hydrogens is 322 g/mol. The largest absolute Gasteiger partial charge is 0.292 e. The summed E-state index contributed by atoms with van der Waals surface area (Å²) in [5.74, 6) is 0.621. The lowest BCUT2D eigenvalue weighted by Crippen LogP contribution is -2.20. The summed E-state index contributed by atoms with van der Waals surface area (Å²) in [4.78, 5) is 27.7. The van der Waals surface area contributed by atoms with Gasteiger partial charge in [-0.15, -0.1) is 0 Å². The molecule has 25 heavy (non-hydrogen) atoms. The van der Waals surface area contributed by atoms with Crippen molar-refractivity contribution in [2.24, 2.45) is 0 Å². The van der Waals surface area contributed by atoms with Crippen molar-refractivity contribution in [3.05, 3.63) is 62.4 Å². The Labute approximate surface area is 142 Å². The van der Waals surface area contributed by atoms with Gasteiger partial charge < -0.3 is 0 Å². The molecular formula is C17H15N5O3. The van der Waals surface area contributed by atoms with Crippen LogP contribution in [0.15, 0.2) is 35.3 Å². The smallest absolute Gasteiger partial charge is 0.270 e. The summed E-state index contributed by atoms with van der Waals surface area (Å²) in [5.41, 5.74) is 2.05. The molecule has 0 unspecified atom stereocenters. The molecule has 3 aromatic rings. The average Bonchev–Trinajstić information content (AvgIpc) is 3.22. The predicted octanol–water partition coefficient (Wildman–Crippen LogP) is 2.47. The van der Waals surface area contributed by atoms with Gasteiger partial charge in [-0.2, -0.15) is 5.10 Å². The number of aromatic nitrogens is 4. The molecule has 1 aliphatic rings. The van der Waals surface area contributed by atoms with Gasteiger partial charge in [-0.25, -0.2) is 4.98 Å². The Kier molecular flexibility index (Phi) is 3.45. The first-order valence-corrected chi connectivity index (χ1v) is 8.00. The highest BCUT2D eigenvalue weighted by molar-refractivity contribution is 5.85. The molecule has 0 saturated heterocycles. The zero-order valence-electron chi connectivity index (χ0n) is 13.5. The standard InChI is InChI=1S/C17H15N5O3/c1-2-21-12(5-7-18-21)9-11-6-8-20-16(11)19-15-4-3-13(22(24)25)10-14(15)17(20)23/h3-5,7,9-10H,2,6,8H2,1H3. The minimum Gasteiger partial charge on any atom is -0.292 e. The number of hydrogen-bond acceptors (Lipinski definition) is 5. The number of allylic oxidation sites excluding steroid dienone is 1. The van der Waals surface area contributed by atoms with Gasteiger partial charge in [-0.3, -0.25) is 24.2 Å². The molecule has 0 amide bonds. The molecule has 0 spiro atoms. The number of non-ortho nitro benzene ring substituents is 1. The van der Waals surface area contributed by atoms with E-state index in [1.165, 1.54) is 18.2 Å². The number of nitro groups is 1. The summed E-state index contributed by atoms with van der Waals surface area (Å²) in [6, 6.07) is 6.12. The van der Waals surface area contributed by atoms with Gasteiger partial charge in [0.05, 0.1) is 21.5 Å². The fraction of sp³-hybridized carbons (Fsp3) is 0.235. The maximum absolute atomic E-state index is 12.7. The van der Waals surface area contributed by atoms with Crippen LogP contribution in [0.3, 0.4) is 0 Å². The number of nitrogens with zero attached hydrogens (tertiary/aromatic N) is 5. The topological polar surface area (TPSA) is 95.8 Å². The molecule has 0 saturated carbocycles. The van der Waals surface area contributed by atoms with Gasteiger partial charge in [0.2, 0.25) is 0 Å². The SMILES string of the molecule is CCn1nccc1C=C1CCn2c1nc1ccc([N+](=O)[O-])cc1c2=O. The van der Waals surface area contributed by atoms with Crippen LogP contribution >= 0.6 is 0 Å². The Morgan fingerprint density at radius 3 is 2.96 bits per heavy atom. The predicted molar refractivity (Wildman–Crippen MR) is 93.0 cm³/mol. The molecule has 126 valence electrons. The van der Waals surface area contributed by atoms with Crippen molar-refractivity contribution in [2.45, 2.75) is 26.4 Å². The number of benzene rings is 1. The van der Waals surface area contributed by atoms with Gasteiger partial charge in [-0.1, -0.05) is 0 Å². The van der Waals surface area contributed by atoms with E-state index < -0.39 is 4.92 Å². The third-order valence-electron chi connectivity index (χ3n) is 4.41. The fourth-order valence-electron chi connectivity index (χ4n) is 3.16. The van der Waals surface area contributed by atoms with E-state index >= 15 is 0 Å². The first kappa shape index (κ1) is 15.3. The maximum Gasteiger partial charge on any atom is 0.270 e. The minimum absolute atomic E-state index is 0.104. The number of nitro benzene ring substituents is 1. The Morgan fingerprint density at radius 1 is 1.36 bits per heavy atom. The molecule has 8 nitrogen and oxygen atoms in total. The normalized spacial score (nSPS) is 15.0. The zero-order valence-corrected chi connectivity index (χ0v) is 13.5. The molecule has 1 aromatic carbocycles. The van der Waals surface area contributed by atoms with Crippen molar-refractivity contribution in [3.8, 4) is 0 Å². The Morgan fingerprint density at radius 2 is 2.20 bits per heavy atom. The van der Waals surface area contributed by atoms with Crippen molar-refractivity contribution >= 4 is 28.2 Å². The molecule has 0 N–H and O–H groups in total. The zero-order chi connectivity index (χ0) is 17.6. The van der Waals surface area contributed by atoms with Crippen LogP contribution in [0.25, 0.3) is 22.6 Å². The van der Waals surface area contributed by atoms with Crippen molar-refractivity contribution in [1.82, 2.24) is 19.3 Å². The van der Waals surface area contributed by atoms with E-state index in [9.17, 15) is 14.9 Å². The molecule has 8 heteroatoms. The number of fused-ring (bicyclic) bond motifs is 2. The lowest BCUT2D eigenvalue weighted by molar-refractivity contribution is -0.384. The highest BCUT2D eigenvalue weighted by Crippen LogP contribution is 2.28. The molecule has 2 aromatic heterocycles. The van der Waals surface area contributed by atoms with Gasteiger partial charge in [0.25, 0.3) is 11.2 Å². The van der Waals surface area contributed by atoms with Gasteiger partial charge in [-0.05, 0) is 37.1 Å². The van der Waals surface area contributed by atoms with Crippen LogP contribution in [0.1, 0.15) is 24.9 Å². The van der Waals surface area contributed by atoms with Gasteiger partial charge in [0, 0.05) is 31.4 Å². The van der Waals surface area contributed by atoms with Crippen LogP contribution < -0.4 is 5.56 Å². The molecule has 3 heterocycles. The van der Waals surface area contributed by atoms with E-state index in [-0.39, 0.29) is 16.6 Å². The van der Waals surface area contributed by atoms with Crippen molar-refractivity contribution in [3.63, 3.8) is 0 Å². The second-order valence-corrected chi connectivity index (χ2v) is 5.84. The molecule has 0 radical (unpaired) electrons. The lowest BCUT2D eigenvalue weighted by atomic mass is 10.1. The number of rotatable bonds is 3. The van der Waals surface area contributed by atoms with Crippen LogP contribution in [-0.4, -0.2) is 24.3 Å². The second kappa shape index (κ2) is 5.66. The van der Waals surface area contributed by atoms with Crippen LogP contribution in [0.5, 0.6) is 0 Å². The molecule has 0 bridgehead atoms. The first-order chi connectivity index (χ1) is 12.1. The third kappa shape index (κ3) is 2.42. The summed E-state index contributed by atoms with van der Waals surface area (Å²) in [5, 5.41) is 15.5. The van der Waals surface area contributed by atoms with E-state index in [4.69, 9.17) is 0 Å². The Bertz CT molecular complexity index is 1090. The summed E-state index contributed by atoms with van der Waals surface area (Å²) in [6.07, 6.45) is 4.43. The molecule has 4 rings (SSSR count). The molecule has 0 fully saturated rings. The van der Waals surface area contributed by atoms with E-state index in [0.717, 1.165) is 17.8 Å². The van der Waals surface area contributed by atoms with E-state index in [1.54, 1.807) is 10.8 Å². The summed E-state index contributed by atoms with van der Waals surface area (Å²) in [7, 11) is 0. The van der Waals surface area contributed by atoms with E-state index in [0.29, 0.717) is 24.3 Å². The molecule has 1 aliphatic heterocycles. The van der Waals surface area contributed by atoms with E-state index in [2.05, 4.69) is 10.1 Å². The monoisotopic (exact) mass is 337 g/mol. The van der Waals surface area contributed by atoms with Crippen molar-refractivity contribution in [1.29, 1.82) is 0 Å². The van der Waals surface area contributed by atoms with Crippen molar-refractivity contribution in [2.75, 3.05) is 0 Å². The van der Waals surface area contributed by atoms with Crippen molar-refractivity contribution < 1.29 is 4.92 Å². The summed E-state index contributed by atoms with van der Waals surface area (Å²) >= 11 is 0. The number of hydrogen-bond donors (Lipinski definition) is 0. The average molecular weight is 337 g/mol. The molecule has 0 atom stereocenters. The van der Waals surface area contributed by atoms with Gasteiger partial charge in [0.1, 0.15) is 5.82 Å². The fourth-order valence-corrected chi connectivity index (χ4v) is 3.16. The quantitative estimate of drug-likeness (QED) is 0.540. The van der Waals surface area contributed by atoms with E-state index in [1.807, 2.05) is 23.7 Å². The lowest BCUT2D eigenvalue weighted by Gasteiger charge is -2.06. The third-order valence-corrected chi connectivity index (χ3v) is 4.41. The Hall–Kier alpha value is -3.29. The maximum atomic E-state index is 12.7. The first-order valence-electron chi connectivity index (χ1n) is 8.00. The van der Waals surface area contributed by atoms with Gasteiger partial charge in [0.15, 0.2) is 0 Å². The van der Waals surface area contributed by atoms with Crippen LogP contribution in [0, 0.1) is 10.1 Å². The minimum atomic E-state index is -0.506. The summed E-state index contributed by atoms with van der Waals surface area (Å²) in [6.45, 7) is 3.29.